The molecule has 0 aliphatic rings. The predicted molar refractivity (Wildman–Crippen MR) is 255 cm³/mol. The average molecular weight is 764 g/mol. The Morgan fingerprint density at radius 3 is 1.38 bits per heavy atom. The zero-order valence-corrected chi connectivity index (χ0v) is 32.7. The molecule has 60 heavy (non-hydrogen) atoms. The van der Waals surface area contributed by atoms with E-state index in [1.54, 1.807) is 0 Å². The van der Waals surface area contributed by atoms with E-state index in [9.17, 15) is 0 Å². The van der Waals surface area contributed by atoms with Gasteiger partial charge in [-0.05, 0) is 126 Å². The summed E-state index contributed by atoms with van der Waals surface area (Å²) < 4.78 is 6.50. The van der Waals surface area contributed by atoms with E-state index in [-0.39, 0.29) is 0 Å². The maximum absolute atomic E-state index is 6.50. The number of hydrogen-bond acceptors (Lipinski definition) is 2. The summed E-state index contributed by atoms with van der Waals surface area (Å²) in [7, 11) is 0. The summed E-state index contributed by atoms with van der Waals surface area (Å²) in [6.07, 6.45) is 0. The van der Waals surface area contributed by atoms with Crippen molar-refractivity contribution in [2.45, 2.75) is 0 Å². The minimum atomic E-state index is 0.893. The molecule has 0 saturated heterocycles. The molecule has 0 amide bonds. The van der Waals surface area contributed by atoms with E-state index < -0.39 is 0 Å². The van der Waals surface area contributed by atoms with Crippen LogP contribution in [0.4, 0.5) is 17.1 Å². The maximum Gasteiger partial charge on any atom is 0.143 e. The van der Waals surface area contributed by atoms with Crippen LogP contribution in [0.25, 0.3) is 98.4 Å². The molecule has 280 valence electrons. The van der Waals surface area contributed by atoms with Gasteiger partial charge in [-0.25, -0.2) is 0 Å². The lowest BCUT2D eigenvalue weighted by atomic mass is 9.97. The molecule has 12 rings (SSSR count). The third kappa shape index (κ3) is 5.73. The Labute approximate surface area is 347 Å². The normalized spacial score (nSPS) is 11.7. The van der Waals surface area contributed by atoms with Crippen LogP contribution < -0.4 is 4.90 Å². The topological polar surface area (TPSA) is 16.4 Å². The summed E-state index contributed by atoms with van der Waals surface area (Å²) in [4.78, 5) is 2.38. The van der Waals surface area contributed by atoms with Crippen LogP contribution in [0.1, 0.15) is 0 Å². The first-order chi connectivity index (χ1) is 29.7. The van der Waals surface area contributed by atoms with Gasteiger partial charge in [0.1, 0.15) is 11.2 Å². The first-order valence-corrected chi connectivity index (χ1v) is 20.6. The van der Waals surface area contributed by atoms with Crippen molar-refractivity contribution in [1.29, 1.82) is 0 Å². The number of hydrogen-bond donors (Lipinski definition) is 0. The van der Waals surface area contributed by atoms with E-state index in [1.165, 1.54) is 54.2 Å². The van der Waals surface area contributed by atoms with Crippen LogP contribution in [0.2, 0.25) is 0 Å². The van der Waals surface area contributed by atoms with Crippen molar-refractivity contribution in [2.75, 3.05) is 4.90 Å². The molecule has 0 N–H and O–H groups in total. The van der Waals surface area contributed by atoms with Crippen LogP contribution in [0, 0.1) is 0 Å². The Morgan fingerprint density at radius 1 is 0.267 bits per heavy atom. The predicted octanol–water partition coefficient (Wildman–Crippen LogP) is 16.7. The average Bonchev–Trinajstić information content (AvgIpc) is 3.70. The van der Waals surface area contributed by atoms with Crippen molar-refractivity contribution in [3.8, 4) is 33.4 Å². The first-order valence-electron chi connectivity index (χ1n) is 20.6. The molecular formula is C58H37NO. The second-order valence-electron chi connectivity index (χ2n) is 15.7. The molecular weight excluding hydrogens is 727 g/mol. The van der Waals surface area contributed by atoms with E-state index in [0.29, 0.717) is 0 Å². The van der Waals surface area contributed by atoms with Gasteiger partial charge in [0.05, 0.1) is 0 Å². The Morgan fingerprint density at radius 2 is 0.733 bits per heavy atom. The maximum atomic E-state index is 6.50. The number of anilines is 3. The Hall–Kier alpha value is -7.94. The smallest absolute Gasteiger partial charge is 0.143 e. The van der Waals surface area contributed by atoms with Crippen LogP contribution in [-0.4, -0.2) is 0 Å². The number of fused-ring (bicyclic) bond motifs is 9. The van der Waals surface area contributed by atoms with Crippen molar-refractivity contribution in [1.82, 2.24) is 0 Å². The highest BCUT2D eigenvalue weighted by atomic mass is 16.3. The van der Waals surface area contributed by atoms with Crippen molar-refractivity contribution in [3.05, 3.63) is 224 Å². The van der Waals surface area contributed by atoms with Crippen molar-refractivity contribution >= 4 is 82.1 Å². The quantitative estimate of drug-likeness (QED) is 0.157. The molecule has 0 fully saturated rings. The van der Waals surface area contributed by atoms with Gasteiger partial charge in [-0.3, -0.25) is 0 Å². The largest absolute Gasteiger partial charge is 0.455 e. The van der Waals surface area contributed by atoms with E-state index in [4.69, 9.17) is 4.42 Å². The molecule has 1 aromatic heterocycles. The lowest BCUT2D eigenvalue weighted by Crippen LogP contribution is -2.09. The molecule has 11 aromatic carbocycles. The second kappa shape index (κ2) is 13.9. The summed E-state index contributed by atoms with van der Waals surface area (Å²) >= 11 is 0. The van der Waals surface area contributed by atoms with E-state index in [2.05, 4.69) is 223 Å². The van der Waals surface area contributed by atoms with Gasteiger partial charge < -0.3 is 9.32 Å². The summed E-state index contributed by atoms with van der Waals surface area (Å²) in [5, 5.41) is 12.3. The molecule has 2 heteroatoms. The molecule has 1 heterocycles. The Bertz CT molecular complexity index is 3580. The highest BCUT2D eigenvalue weighted by Crippen LogP contribution is 2.41. The van der Waals surface area contributed by atoms with Gasteiger partial charge in [0.2, 0.25) is 0 Å². The second-order valence-corrected chi connectivity index (χ2v) is 15.7. The first kappa shape index (κ1) is 34.1. The van der Waals surface area contributed by atoms with Crippen LogP contribution in [0.5, 0.6) is 0 Å². The van der Waals surface area contributed by atoms with Gasteiger partial charge >= 0.3 is 0 Å². The van der Waals surface area contributed by atoms with Gasteiger partial charge in [-0.2, -0.15) is 0 Å². The Kier molecular flexibility index (Phi) is 7.89. The third-order valence-corrected chi connectivity index (χ3v) is 12.2. The van der Waals surface area contributed by atoms with Crippen molar-refractivity contribution in [3.63, 3.8) is 0 Å². The number of benzene rings is 11. The standard InChI is InChI=1S/C58H37NO/c1-2-9-40(10-3-1)52-15-8-16-53-56-36-46(28-34-57(56)60-58(52)53)39-25-31-48(32-26-39)59(49-33-27-44-20-18-42-12-5-7-14-51(42)55(44)37-49)47-29-23-38(24-30-47)45-22-21-43-19-17-41-11-4-6-13-50(41)54(43)35-45/h1-37H. The summed E-state index contributed by atoms with van der Waals surface area (Å²) in [5.74, 6) is 0. The monoisotopic (exact) mass is 763 g/mol. The van der Waals surface area contributed by atoms with Gasteiger partial charge in [0, 0.05) is 33.4 Å². The molecule has 12 aromatic rings. The molecule has 0 saturated carbocycles. The summed E-state index contributed by atoms with van der Waals surface area (Å²) in [6.45, 7) is 0. The SMILES string of the molecule is c1ccc(-c2cccc3c2oc2ccc(-c4ccc(N(c5ccc(-c6ccc7ccc8ccccc8c7c6)cc5)c5ccc6ccc7ccccc7c6c5)cc4)cc23)cc1. The number of rotatable bonds is 6. The highest BCUT2D eigenvalue weighted by Gasteiger charge is 2.17. The third-order valence-electron chi connectivity index (χ3n) is 12.2. The van der Waals surface area contributed by atoms with Gasteiger partial charge in [-0.15, -0.1) is 0 Å². The van der Waals surface area contributed by atoms with Gasteiger partial charge in [0.15, 0.2) is 0 Å². The van der Waals surface area contributed by atoms with E-state index in [0.717, 1.165) is 61.3 Å². The van der Waals surface area contributed by atoms with Crippen LogP contribution in [0.3, 0.4) is 0 Å². The van der Waals surface area contributed by atoms with Crippen LogP contribution >= 0.6 is 0 Å². The Balaban J connectivity index is 0.949. The molecule has 0 aliphatic heterocycles. The van der Waals surface area contributed by atoms with Crippen LogP contribution in [0.15, 0.2) is 229 Å². The number of para-hydroxylation sites is 1. The molecule has 2 nitrogen and oxygen atoms in total. The van der Waals surface area contributed by atoms with Gasteiger partial charge in [0.25, 0.3) is 0 Å². The number of furan rings is 1. The molecule has 0 bridgehead atoms. The highest BCUT2D eigenvalue weighted by molar-refractivity contribution is 6.12. The van der Waals surface area contributed by atoms with Crippen LogP contribution in [-0.2, 0) is 0 Å². The summed E-state index contributed by atoms with van der Waals surface area (Å²) in [5.41, 5.74) is 12.1. The van der Waals surface area contributed by atoms with Gasteiger partial charge in [-0.1, -0.05) is 170 Å². The molecule has 0 radical (unpaired) electrons. The fourth-order valence-electron chi connectivity index (χ4n) is 9.19. The fourth-order valence-corrected chi connectivity index (χ4v) is 9.19. The molecule has 0 spiro atoms. The molecule has 0 unspecified atom stereocenters. The molecule has 0 aliphatic carbocycles. The number of nitrogens with zero attached hydrogens (tertiary/aromatic N) is 1. The zero-order valence-electron chi connectivity index (χ0n) is 32.7. The minimum Gasteiger partial charge on any atom is -0.455 e. The minimum absolute atomic E-state index is 0.893. The van der Waals surface area contributed by atoms with Crippen molar-refractivity contribution in [2.24, 2.45) is 0 Å². The van der Waals surface area contributed by atoms with E-state index >= 15 is 0 Å². The lowest BCUT2D eigenvalue weighted by molar-refractivity contribution is 0.670. The molecule has 0 atom stereocenters. The lowest BCUT2D eigenvalue weighted by Gasteiger charge is -2.26. The summed E-state index contributed by atoms with van der Waals surface area (Å²) in [6, 6.07) is 81.3. The zero-order chi connectivity index (χ0) is 39.6. The fraction of sp³-hybridized carbons (Fsp3) is 0. The van der Waals surface area contributed by atoms with Crippen molar-refractivity contribution < 1.29 is 4.42 Å². The van der Waals surface area contributed by atoms with E-state index in [1.807, 2.05) is 6.07 Å².